The van der Waals surface area contributed by atoms with Crippen molar-refractivity contribution in [1.29, 1.82) is 0 Å². The molecule has 1 aromatic carbocycles. The summed E-state index contributed by atoms with van der Waals surface area (Å²) in [4.78, 5) is 18.1. The van der Waals surface area contributed by atoms with Crippen LogP contribution in [-0.4, -0.2) is 26.8 Å². The first-order valence-corrected chi connectivity index (χ1v) is 9.83. The molecule has 0 aliphatic heterocycles. The zero-order chi connectivity index (χ0) is 20.7. The van der Waals surface area contributed by atoms with Gasteiger partial charge in [0.2, 0.25) is 5.78 Å². The number of carbonyl (C=O) groups is 1. The van der Waals surface area contributed by atoms with E-state index in [4.69, 9.17) is 9.52 Å². The first kappa shape index (κ1) is 19.2. The summed E-state index contributed by atoms with van der Waals surface area (Å²) < 4.78 is 5.35. The van der Waals surface area contributed by atoms with Gasteiger partial charge >= 0.3 is 0 Å². The molecule has 1 fully saturated rings. The van der Waals surface area contributed by atoms with Gasteiger partial charge in [0.1, 0.15) is 11.5 Å². The van der Waals surface area contributed by atoms with Crippen LogP contribution in [0.4, 0.5) is 5.69 Å². The lowest BCUT2D eigenvalue weighted by atomic mass is 9.94. The summed E-state index contributed by atoms with van der Waals surface area (Å²) in [5, 5.41) is 12.2. The second kappa shape index (κ2) is 7.35. The molecule has 0 bridgehead atoms. The number of ketones is 1. The molecule has 4 rings (SSSR count). The molecule has 6 nitrogen and oxygen atoms in total. The fourth-order valence-electron chi connectivity index (χ4n) is 3.53. The number of benzene rings is 1. The van der Waals surface area contributed by atoms with Crippen LogP contribution >= 0.6 is 0 Å². The van der Waals surface area contributed by atoms with Crippen molar-refractivity contribution in [2.45, 2.75) is 47.5 Å². The van der Waals surface area contributed by atoms with E-state index >= 15 is 0 Å². The smallest absolute Gasteiger partial charge is 0.213 e. The predicted octanol–water partition coefficient (Wildman–Crippen LogP) is 5.10. The van der Waals surface area contributed by atoms with Crippen LogP contribution in [0, 0.1) is 33.6 Å². The summed E-state index contributed by atoms with van der Waals surface area (Å²) in [6.07, 6.45) is 2.37. The van der Waals surface area contributed by atoms with Gasteiger partial charge in [-0.25, -0.2) is 0 Å². The maximum Gasteiger partial charge on any atom is 0.213 e. The highest BCUT2D eigenvalue weighted by atomic mass is 16.5. The predicted molar refractivity (Wildman–Crippen MR) is 112 cm³/mol. The lowest BCUT2D eigenvalue weighted by Gasteiger charge is -2.12. The van der Waals surface area contributed by atoms with Gasteiger partial charge in [-0.1, -0.05) is 5.16 Å². The van der Waals surface area contributed by atoms with E-state index in [0.717, 1.165) is 39.5 Å². The normalized spacial score (nSPS) is 14.3. The first-order chi connectivity index (χ1) is 13.8. The number of hydrogen-bond acceptors (Lipinski definition) is 6. The van der Waals surface area contributed by atoms with E-state index in [9.17, 15) is 4.79 Å². The monoisotopic (exact) mass is 388 g/mol. The van der Waals surface area contributed by atoms with E-state index in [1.54, 1.807) is 12.1 Å². The van der Waals surface area contributed by atoms with Gasteiger partial charge in [-0.15, -0.1) is 5.10 Å². The van der Waals surface area contributed by atoms with Crippen molar-refractivity contribution in [2.75, 3.05) is 0 Å². The van der Waals surface area contributed by atoms with Crippen molar-refractivity contribution in [3.63, 3.8) is 0 Å². The zero-order valence-electron chi connectivity index (χ0n) is 17.4. The molecule has 0 N–H and O–H groups in total. The van der Waals surface area contributed by atoms with Crippen LogP contribution in [-0.2, 0) is 0 Å². The van der Waals surface area contributed by atoms with Crippen molar-refractivity contribution >= 4 is 17.2 Å². The third-order valence-corrected chi connectivity index (χ3v) is 5.44. The second-order valence-electron chi connectivity index (χ2n) is 7.78. The van der Waals surface area contributed by atoms with E-state index in [0.29, 0.717) is 22.9 Å². The Morgan fingerprint density at radius 3 is 2.45 bits per heavy atom. The summed E-state index contributed by atoms with van der Waals surface area (Å²) >= 11 is 0. The zero-order valence-corrected chi connectivity index (χ0v) is 17.4. The molecule has 2 aromatic heterocycles. The summed E-state index contributed by atoms with van der Waals surface area (Å²) in [7, 11) is 0. The fourth-order valence-corrected chi connectivity index (χ4v) is 3.53. The Morgan fingerprint density at radius 1 is 1.10 bits per heavy atom. The Hall–Kier alpha value is -3.15. The Morgan fingerprint density at radius 2 is 1.86 bits per heavy atom. The molecule has 29 heavy (non-hydrogen) atoms. The van der Waals surface area contributed by atoms with Crippen LogP contribution in [0.1, 0.15) is 58.5 Å². The topological polar surface area (TPSA) is 81.2 Å². The standard InChI is InChI=1S/C23H24N4O2/c1-12-6-9-20(26-25-12)23(28)19-10-18(22-15(4)27-29-16(22)5)11-21(13(19)2)24-14(3)17-7-8-17/h6,9-11,17H,7-8H2,1-5H3. The van der Waals surface area contributed by atoms with Crippen LogP contribution in [0.5, 0.6) is 0 Å². The molecule has 0 unspecified atom stereocenters. The number of aromatic nitrogens is 3. The average molecular weight is 388 g/mol. The van der Waals surface area contributed by atoms with Crippen molar-refractivity contribution in [2.24, 2.45) is 10.9 Å². The van der Waals surface area contributed by atoms with E-state index in [2.05, 4.69) is 22.3 Å². The average Bonchev–Trinajstić information content (AvgIpc) is 3.49. The van der Waals surface area contributed by atoms with Gasteiger partial charge < -0.3 is 4.52 Å². The molecular weight excluding hydrogens is 364 g/mol. The molecule has 0 amide bonds. The summed E-state index contributed by atoms with van der Waals surface area (Å²) in [5.74, 6) is 1.11. The second-order valence-corrected chi connectivity index (χ2v) is 7.78. The minimum absolute atomic E-state index is 0.163. The van der Waals surface area contributed by atoms with Crippen molar-refractivity contribution in [3.8, 4) is 11.1 Å². The number of hydrogen-bond donors (Lipinski definition) is 0. The Balaban J connectivity index is 1.89. The molecule has 0 radical (unpaired) electrons. The largest absolute Gasteiger partial charge is 0.361 e. The van der Waals surface area contributed by atoms with Gasteiger partial charge in [-0.2, -0.15) is 5.10 Å². The maximum atomic E-state index is 13.3. The van der Waals surface area contributed by atoms with Crippen molar-refractivity contribution in [1.82, 2.24) is 15.4 Å². The highest BCUT2D eigenvalue weighted by Gasteiger charge is 2.25. The molecule has 148 valence electrons. The van der Waals surface area contributed by atoms with Gasteiger partial charge in [0.05, 0.1) is 17.1 Å². The highest BCUT2D eigenvalue weighted by Crippen LogP contribution is 2.37. The molecule has 0 spiro atoms. The van der Waals surface area contributed by atoms with Crippen LogP contribution in [0.15, 0.2) is 33.8 Å². The number of aliphatic imine (C=N–C) groups is 1. The Labute approximate surface area is 170 Å². The minimum atomic E-state index is -0.163. The molecule has 0 atom stereocenters. The molecule has 6 heteroatoms. The highest BCUT2D eigenvalue weighted by molar-refractivity contribution is 6.10. The molecule has 1 aliphatic carbocycles. The molecule has 1 saturated carbocycles. The lowest BCUT2D eigenvalue weighted by Crippen LogP contribution is -2.08. The molecule has 2 heterocycles. The van der Waals surface area contributed by atoms with Crippen molar-refractivity contribution in [3.05, 3.63) is 58.2 Å². The summed E-state index contributed by atoms with van der Waals surface area (Å²) in [6.45, 7) is 9.62. The first-order valence-electron chi connectivity index (χ1n) is 9.83. The van der Waals surface area contributed by atoms with E-state index in [1.807, 2.05) is 39.8 Å². The number of rotatable bonds is 5. The van der Waals surface area contributed by atoms with E-state index in [-0.39, 0.29) is 5.78 Å². The van der Waals surface area contributed by atoms with E-state index < -0.39 is 0 Å². The molecule has 3 aromatic rings. The quantitative estimate of drug-likeness (QED) is 0.449. The molecule has 0 saturated heterocycles. The Kier molecular flexibility index (Phi) is 4.86. The Bertz CT molecular complexity index is 1100. The van der Waals surface area contributed by atoms with E-state index in [1.165, 1.54) is 12.8 Å². The van der Waals surface area contributed by atoms with Crippen LogP contribution in [0.25, 0.3) is 11.1 Å². The maximum absolute atomic E-state index is 13.3. The fraction of sp³-hybridized carbons (Fsp3) is 0.348. The third kappa shape index (κ3) is 3.75. The van der Waals surface area contributed by atoms with Gasteiger partial charge in [0.15, 0.2) is 0 Å². The third-order valence-electron chi connectivity index (χ3n) is 5.44. The van der Waals surface area contributed by atoms with Gasteiger partial charge in [0, 0.05) is 16.8 Å². The van der Waals surface area contributed by atoms with Gasteiger partial charge in [0.25, 0.3) is 0 Å². The summed E-state index contributed by atoms with van der Waals surface area (Å²) in [6, 6.07) is 7.41. The number of nitrogens with zero attached hydrogens (tertiary/aromatic N) is 4. The van der Waals surface area contributed by atoms with Crippen LogP contribution in [0.3, 0.4) is 0 Å². The molecular formula is C23H24N4O2. The minimum Gasteiger partial charge on any atom is -0.361 e. The van der Waals surface area contributed by atoms with Gasteiger partial charge in [-0.3, -0.25) is 9.79 Å². The van der Waals surface area contributed by atoms with Crippen LogP contribution < -0.4 is 0 Å². The number of carbonyl (C=O) groups excluding carboxylic acids is 1. The SMILES string of the molecule is CC(=Nc1cc(-c2c(C)noc2C)cc(C(=O)c2ccc(C)nn2)c1C)C1CC1. The molecule has 1 aliphatic rings. The van der Waals surface area contributed by atoms with Gasteiger partial charge in [-0.05, 0) is 88.8 Å². The summed E-state index contributed by atoms with van der Waals surface area (Å²) in [5.41, 5.74) is 6.97. The van der Waals surface area contributed by atoms with Crippen LogP contribution in [0.2, 0.25) is 0 Å². The number of aryl methyl sites for hydroxylation is 3. The lowest BCUT2D eigenvalue weighted by molar-refractivity contribution is 0.103. The van der Waals surface area contributed by atoms with Crippen molar-refractivity contribution < 1.29 is 9.32 Å².